The van der Waals surface area contributed by atoms with Crippen molar-refractivity contribution in [2.45, 2.75) is 6.54 Å². The Hall–Kier alpha value is -3.23. The van der Waals surface area contributed by atoms with Gasteiger partial charge in [-0.15, -0.1) is 0 Å². The Morgan fingerprint density at radius 2 is 1.93 bits per heavy atom. The van der Waals surface area contributed by atoms with Gasteiger partial charge in [0.05, 0.1) is 12.8 Å². The highest BCUT2D eigenvalue weighted by Gasteiger charge is 2.09. The standard InChI is InChI=1S/C21H23N5O2S/c1-28-12-11-22-20(27)15-26-14-16(18-9-5-6-10-19(18)26)13-23-25-21(29)24-17-7-3-2-4-8-17/h2-10,13-14H,11-12,15H2,1H3,(H,22,27)(H2,24,25,29). The highest BCUT2D eigenvalue weighted by atomic mass is 32.1. The third kappa shape index (κ3) is 5.87. The molecule has 0 aliphatic rings. The summed E-state index contributed by atoms with van der Waals surface area (Å²) in [6, 6.07) is 17.5. The molecule has 7 nitrogen and oxygen atoms in total. The lowest BCUT2D eigenvalue weighted by molar-refractivity contribution is -0.121. The maximum absolute atomic E-state index is 12.2. The van der Waals surface area contributed by atoms with E-state index in [1.807, 2.05) is 65.4 Å². The highest BCUT2D eigenvalue weighted by molar-refractivity contribution is 7.80. The van der Waals surface area contributed by atoms with Crippen LogP contribution in [-0.4, -0.2) is 42.1 Å². The normalized spacial score (nSPS) is 10.9. The van der Waals surface area contributed by atoms with E-state index >= 15 is 0 Å². The van der Waals surface area contributed by atoms with Crippen molar-refractivity contribution in [2.24, 2.45) is 5.10 Å². The first-order valence-electron chi connectivity index (χ1n) is 9.16. The molecule has 0 saturated carbocycles. The van der Waals surface area contributed by atoms with Crippen molar-refractivity contribution in [1.82, 2.24) is 15.3 Å². The first-order valence-corrected chi connectivity index (χ1v) is 9.57. The summed E-state index contributed by atoms with van der Waals surface area (Å²) >= 11 is 5.26. The number of para-hydroxylation sites is 2. The number of hydrogen-bond acceptors (Lipinski definition) is 4. The number of fused-ring (bicyclic) bond motifs is 1. The minimum absolute atomic E-state index is 0.0716. The number of carbonyl (C=O) groups is 1. The SMILES string of the molecule is COCCNC(=O)Cn1cc(C=NNC(=S)Nc2ccccc2)c2ccccc21. The summed E-state index contributed by atoms with van der Waals surface area (Å²) in [5.74, 6) is -0.0716. The van der Waals surface area contributed by atoms with E-state index in [0.29, 0.717) is 18.3 Å². The molecule has 0 aliphatic carbocycles. The number of nitrogens with zero attached hydrogens (tertiary/aromatic N) is 2. The molecular formula is C21H23N5O2S. The lowest BCUT2D eigenvalue weighted by Crippen LogP contribution is -2.30. The largest absolute Gasteiger partial charge is 0.383 e. The lowest BCUT2D eigenvalue weighted by atomic mass is 10.2. The Morgan fingerprint density at radius 1 is 1.17 bits per heavy atom. The monoisotopic (exact) mass is 409 g/mol. The lowest BCUT2D eigenvalue weighted by Gasteiger charge is -2.06. The third-order valence-corrected chi connectivity index (χ3v) is 4.36. The van der Waals surface area contributed by atoms with Crippen LogP contribution >= 0.6 is 12.2 Å². The number of aromatic nitrogens is 1. The van der Waals surface area contributed by atoms with Gasteiger partial charge < -0.3 is 19.9 Å². The molecule has 0 fully saturated rings. The van der Waals surface area contributed by atoms with Gasteiger partial charge in [0.15, 0.2) is 5.11 Å². The summed E-state index contributed by atoms with van der Waals surface area (Å²) in [6.45, 7) is 1.19. The van der Waals surface area contributed by atoms with Gasteiger partial charge in [0, 0.05) is 42.0 Å². The third-order valence-electron chi connectivity index (χ3n) is 4.16. The minimum atomic E-state index is -0.0716. The molecule has 1 amide bonds. The van der Waals surface area contributed by atoms with E-state index < -0.39 is 0 Å². The maximum Gasteiger partial charge on any atom is 0.240 e. The second-order valence-electron chi connectivity index (χ2n) is 6.26. The first-order chi connectivity index (χ1) is 14.2. The van der Waals surface area contributed by atoms with E-state index in [1.165, 1.54) is 0 Å². The zero-order valence-corrected chi connectivity index (χ0v) is 16.9. The van der Waals surface area contributed by atoms with Gasteiger partial charge in [0.1, 0.15) is 6.54 Å². The van der Waals surface area contributed by atoms with Gasteiger partial charge >= 0.3 is 0 Å². The summed E-state index contributed by atoms with van der Waals surface area (Å²) in [6.07, 6.45) is 3.60. The van der Waals surface area contributed by atoms with Crippen molar-refractivity contribution in [2.75, 3.05) is 25.6 Å². The molecule has 0 spiro atoms. The number of hydrazone groups is 1. The molecule has 0 radical (unpaired) electrons. The Balaban J connectivity index is 1.67. The second kappa shape index (κ2) is 10.4. The molecule has 1 aromatic heterocycles. The average molecular weight is 410 g/mol. The second-order valence-corrected chi connectivity index (χ2v) is 6.67. The number of thiocarbonyl (C=S) groups is 1. The van der Waals surface area contributed by atoms with Gasteiger partial charge in [-0.05, 0) is 30.4 Å². The van der Waals surface area contributed by atoms with Gasteiger partial charge in [-0.1, -0.05) is 36.4 Å². The number of benzene rings is 2. The Kier molecular flexibility index (Phi) is 7.32. The zero-order chi connectivity index (χ0) is 20.5. The van der Waals surface area contributed by atoms with Crippen LogP contribution < -0.4 is 16.1 Å². The number of rotatable bonds is 8. The summed E-state index contributed by atoms with van der Waals surface area (Å²) in [5, 5.41) is 11.5. The van der Waals surface area contributed by atoms with Crippen LogP contribution in [0.3, 0.4) is 0 Å². The average Bonchev–Trinajstić information content (AvgIpc) is 3.06. The van der Waals surface area contributed by atoms with Crippen LogP contribution in [0.15, 0.2) is 65.9 Å². The molecule has 1 heterocycles. The van der Waals surface area contributed by atoms with Crippen LogP contribution in [0.2, 0.25) is 0 Å². The zero-order valence-electron chi connectivity index (χ0n) is 16.1. The number of hydrogen-bond donors (Lipinski definition) is 3. The van der Waals surface area contributed by atoms with E-state index in [2.05, 4.69) is 21.2 Å². The Morgan fingerprint density at radius 3 is 2.72 bits per heavy atom. The summed E-state index contributed by atoms with van der Waals surface area (Å²) in [5.41, 5.74) is 5.55. The van der Waals surface area contributed by atoms with Gasteiger partial charge in [0.2, 0.25) is 5.91 Å². The number of ether oxygens (including phenoxy) is 1. The molecule has 0 unspecified atom stereocenters. The molecule has 3 rings (SSSR count). The van der Waals surface area contributed by atoms with Crippen LogP contribution in [0, 0.1) is 0 Å². The van der Waals surface area contributed by atoms with Crippen LogP contribution in [0.25, 0.3) is 10.9 Å². The van der Waals surface area contributed by atoms with Crippen LogP contribution in [0.4, 0.5) is 5.69 Å². The van der Waals surface area contributed by atoms with Crippen LogP contribution in [0.5, 0.6) is 0 Å². The predicted molar refractivity (Wildman–Crippen MR) is 120 cm³/mol. The molecule has 0 atom stereocenters. The van der Waals surface area contributed by atoms with Crippen molar-refractivity contribution < 1.29 is 9.53 Å². The molecule has 8 heteroatoms. The fourth-order valence-electron chi connectivity index (χ4n) is 2.85. The van der Waals surface area contributed by atoms with E-state index in [4.69, 9.17) is 17.0 Å². The first kappa shape index (κ1) is 20.5. The smallest absolute Gasteiger partial charge is 0.240 e. The molecule has 0 saturated heterocycles. The number of methoxy groups -OCH3 is 1. The summed E-state index contributed by atoms with van der Waals surface area (Å²) in [7, 11) is 1.60. The van der Waals surface area contributed by atoms with Gasteiger partial charge in [-0.3, -0.25) is 10.2 Å². The quantitative estimate of drug-likeness (QED) is 0.231. The molecule has 0 aliphatic heterocycles. The van der Waals surface area contributed by atoms with E-state index in [-0.39, 0.29) is 12.5 Å². The molecule has 0 bridgehead atoms. The maximum atomic E-state index is 12.2. The van der Waals surface area contributed by atoms with Gasteiger partial charge in [-0.2, -0.15) is 5.10 Å². The molecule has 150 valence electrons. The molecule has 3 aromatic rings. The number of nitrogens with one attached hydrogen (secondary N) is 3. The van der Waals surface area contributed by atoms with E-state index in [1.54, 1.807) is 13.3 Å². The highest BCUT2D eigenvalue weighted by Crippen LogP contribution is 2.19. The fraction of sp³-hybridized carbons (Fsp3) is 0.190. The Labute approximate surface area is 174 Å². The predicted octanol–water partition coefficient (Wildman–Crippen LogP) is 2.72. The van der Waals surface area contributed by atoms with E-state index in [9.17, 15) is 4.79 Å². The number of amides is 1. The van der Waals surface area contributed by atoms with Crippen LogP contribution in [-0.2, 0) is 16.1 Å². The van der Waals surface area contributed by atoms with Crippen molar-refractivity contribution in [3.63, 3.8) is 0 Å². The molecule has 2 aromatic carbocycles. The van der Waals surface area contributed by atoms with Gasteiger partial charge in [-0.25, -0.2) is 0 Å². The minimum Gasteiger partial charge on any atom is -0.383 e. The number of anilines is 1. The van der Waals surface area contributed by atoms with Crippen molar-refractivity contribution in [3.8, 4) is 0 Å². The van der Waals surface area contributed by atoms with Crippen LogP contribution in [0.1, 0.15) is 5.56 Å². The Bertz CT molecular complexity index is 1000. The summed E-state index contributed by atoms with van der Waals surface area (Å²) < 4.78 is 6.86. The van der Waals surface area contributed by atoms with Crippen molar-refractivity contribution >= 4 is 46.0 Å². The molecule has 29 heavy (non-hydrogen) atoms. The van der Waals surface area contributed by atoms with Crippen molar-refractivity contribution in [1.29, 1.82) is 0 Å². The fourth-order valence-corrected chi connectivity index (χ4v) is 3.02. The summed E-state index contributed by atoms with van der Waals surface area (Å²) in [4.78, 5) is 12.2. The number of carbonyl (C=O) groups excluding carboxylic acids is 1. The topological polar surface area (TPSA) is 79.7 Å². The van der Waals surface area contributed by atoms with Crippen molar-refractivity contribution in [3.05, 3.63) is 66.4 Å². The van der Waals surface area contributed by atoms with Gasteiger partial charge in [0.25, 0.3) is 0 Å². The van der Waals surface area contributed by atoms with E-state index in [0.717, 1.165) is 22.2 Å². The molecule has 3 N–H and O–H groups in total. The molecular weight excluding hydrogens is 386 g/mol.